The van der Waals surface area contributed by atoms with Gasteiger partial charge in [0.1, 0.15) is 5.56 Å². The number of carbonyl (C=O) groups excluding carboxylic acids is 2. The van der Waals surface area contributed by atoms with Gasteiger partial charge >= 0.3 is 11.9 Å². The van der Waals surface area contributed by atoms with Gasteiger partial charge in [-0.25, -0.2) is 9.59 Å². The summed E-state index contributed by atoms with van der Waals surface area (Å²) in [7, 11) is 0. The van der Waals surface area contributed by atoms with Crippen LogP contribution < -0.4 is 5.32 Å². The van der Waals surface area contributed by atoms with Gasteiger partial charge < -0.3 is 14.8 Å². The van der Waals surface area contributed by atoms with Crippen molar-refractivity contribution in [2.24, 2.45) is 0 Å². The number of ether oxygens (including phenoxy) is 2. The SMILES string of the molecule is CCOC(=O)c1ccc(Nc2c(C(=O)OCC)cnc3ccc(Cl)cc23)cc1. The number of nitrogens with one attached hydrogen (secondary N) is 1. The fourth-order valence-electron chi connectivity index (χ4n) is 2.71. The number of halogens is 1. The fraction of sp³-hybridized carbons (Fsp3) is 0.190. The molecule has 6 nitrogen and oxygen atoms in total. The number of benzene rings is 2. The van der Waals surface area contributed by atoms with Crippen LogP contribution in [-0.4, -0.2) is 30.1 Å². The van der Waals surface area contributed by atoms with E-state index in [0.717, 1.165) is 0 Å². The molecule has 7 heteroatoms. The van der Waals surface area contributed by atoms with Gasteiger partial charge in [-0.3, -0.25) is 4.98 Å². The first-order chi connectivity index (χ1) is 13.5. The Kier molecular flexibility index (Phi) is 6.11. The molecule has 3 aromatic rings. The largest absolute Gasteiger partial charge is 0.462 e. The molecule has 0 amide bonds. The van der Waals surface area contributed by atoms with Crippen molar-refractivity contribution in [1.82, 2.24) is 4.98 Å². The van der Waals surface area contributed by atoms with E-state index in [1.54, 1.807) is 56.3 Å². The lowest BCUT2D eigenvalue weighted by Gasteiger charge is -2.14. The van der Waals surface area contributed by atoms with E-state index in [1.165, 1.54) is 6.20 Å². The van der Waals surface area contributed by atoms with Crippen LogP contribution >= 0.6 is 11.6 Å². The lowest BCUT2D eigenvalue weighted by Crippen LogP contribution is -2.09. The van der Waals surface area contributed by atoms with Crippen molar-refractivity contribution >= 4 is 45.8 Å². The maximum absolute atomic E-state index is 12.4. The molecule has 3 rings (SSSR count). The van der Waals surface area contributed by atoms with Gasteiger partial charge in [0.25, 0.3) is 0 Å². The number of aromatic nitrogens is 1. The number of esters is 2. The molecule has 0 fully saturated rings. The van der Waals surface area contributed by atoms with Gasteiger partial charge in [-0.1, -0.05) is 11.6 Å². The molecule has 144 valence electrons. The number of anilines is 2. The predicted molar refractivity (Wildman–Crippen MR) is 108 cm³/mol. The molecule has 0 radical (unpaired) electrons. The van der Waals surface area contributed by atoms with Gasteiger partial charge in [-0.15, -0.1) is 0 Å². The van der Waals surface area contributed by atoms with E-state index in [0.29, 0.717) is 45.0 Å². The third kappa shape index (κ3) is 4.23. The molecule has 0 saturated heterocycles. The van der Waals surface area contributed by atoms with E-state index in [2.05, 4.69) is 10.3 Å². The minimum atomic E-state index is -0.484. The highest BCUT2D eigenvalue weighted by Crippen LogP contribution is 2.31. The standard InChI is InChI=1S/C21H19ClN2O4/c1-3-27-20(25)13-5-8-15(9-6-13)24-19-16-11-14(22)7-10-18(16)23-12-17(19)21(26)28-4-2/h5-12H,3-4H2,1-2H3,(H,23,24). The summed E-state index contributed by atoms with van der Waals surface area (Å²) >= 11 is 6.15. The summed E-state index contributed by atoms with van der Waals surface area (Å²) in [6.07, 6.45) is 1.48. The van der Waals surface area contributed by atoms with Crippen LogP contribution in [0.25, 0.3) is 10.9 Å². The van der Waals surface area contributed by atoms with Gasteiger partial charge in [0.15, 0.2) is 0 Å². The lowest BCUT2D eigenvalue weighted by atomic mass is 10.1. The number of hydrogen-bond donors (Lipinski definition) is 1. The molecule has 0 unspecified atom stereocenters. The van der Waals surface area contributed by atoms with Crippen LogP contribution in [0.15, 0.2) is 48.7 Å². The molecule has 1 aromatic heterocycles. The summed E-state index contributed by atoms with van der Waals surface area (Å²) in [5.74, 6) is -0.870. The number of rotatable bonds is 6. The number of carbonyl (C=O) groups is 2. The maximum Gasteiger partial charge on any atom is 0.341 e. The predicted octanol–water partition coefficient (Wildman–Crippen LogP) is 4.99. The Morgan fingerprint density at radius 3 is 2.36 bits per heavy atom. The highest BCUT2D eigenvalue weighted by molar-refractivity contribution is 6.31. The number of hydrogen-bond acceptors (Lipinski definition) is 6. The van der Waals surface area contributed by atoms with E-state index in [1.807, 2.05) is 0 Å². The Labute approximate surface area is 167 Å². The average Bonchev–Trinajstić information content (AvgIpc) is 2.69. The van der Waals surface area contributed by atoms with E-state index in [4.69, 9.17) is 21.1 Å². The zero-order valence-corrected chi connectivity index (χ0v) is 16.2. The third-order valence-electron chi connectivity index (χ3n) is 3.99. The average molecular weight is 399 g/mol. The zero-order valence-electron chi connectivity index (χ0n) is 15.5. The molecular weight excluding hydrogens is 380 g/mol. The second kappa shape index (κ2) is 8.71. The summed E-state index contributed by atoms with van der Waals surface area (Å²) in [5, 5.41) is 4.44. The third-order valence-corrected chi connectivity index (χ3v) is 4.23. The molecule has 0 spiro atoms. The van der Waals surface area contributed by atoms with Gasteiger partial charge in [-0.2, -0.15) is 0 Å². The Balaban J connectivity index is 2.02. The highest BCUT2D eigenvalue weighted by atomic mass is 35.5. The minimum Gasteiger partial charge on any atom is -0.462 e. The lowest BCUT2D eigenvalue weighted by molar-refractivity contribution is 0.0517. The van der Waals surface area contributed by atoms with Crippen LogP contribution in [0.1, 0.15) is 34.6 Å². The van der Waals surface area contributed by atoms with Gasteiger partial charge in [0.2, 0.25) is 0 Å². The van der Waals surface area contributed by atoms with Crippen molar-refractivity contribution in [1.29, 1.82) is 0 Å². The van der Waals surface area contributed by atoms with Crippen LogP contribution in [0.5, 0.6) is 0 Å². The molecular formula is C21H19ClN2O4. The van der Waals surface area contributed by atoms with Crippen LogP contribution in [0.3, 0.4) is 0 Å². The topological polar surface area (TPSA) is 77.5 Å². The van der Waals surface area contributed by atoms with Crippen LogP contribution in [-0.2, 0) is 9.47 Å². The second-order valence-electron chi connectivity index (χ2n) is 5.85. The summed E-state index contributed by atoms with van der Waals surface area (Å²) < 4.78 is 10.1. The van der Waals surface area contributed by atoms with E-state index in [9.17, 15) is 9.59 Å². The Morgan fingerprint density at radius 2 is 1.68 bits per heavy atom. The Morgan fingerprint density at radius 1 is 1.00 bits per heavy atom. The molecule has 0 aliphatic rings. The minimum absolute atomic E-state index is 0.250. The van der Waals surface area contributed by atoms with E-state index in [-0.39, 0.29) is 12.6 Å². The molecule has 0 aliphatic carbocycles. The van der Waals surface area contributed by atoms with E-state index >= 15 is 0 Å². The van der Waals surface area contributed by atoms with Gasteiger partial charge in [0, 0.05) is 22.3 Å². The van der Waals surface area contributed by atoms with Gasteiger partial charge in [-0.05, 0) is 56.3 Å². The molecule has 0 atom stereocenters. The molecule has 0 aliphatic heterocycles. The Hall–Kier alpha value is -3.12. The van der Waals surface area contributed by atoms with Crippen LogP contribution in [0, 0.1) is 0 Å². The number of nitrogens with zero attached hydrogens (tertiary/aromatic N) is 1. The fourth-order valence-corrected chi connectivity index (χ4v) is 2.88. The number of pyridine rings is 1. The van der Waals surface area contributed by atoms with Crippen molar-refractivity contribution in [3.63, 3.8) is 0 Å². The first kappa shape index (κ1) is 19.6. The first-order valence-electron chi connectivity index (χ1n) is 8.83. The van der Waals surface area contributed by atoms with Crippen molar-refractivity contribution < 1.29 is 19.1 Å². The van der Waals surface area contributed by atoms with Crippen molar-refractivity contribution in [3.05, 3.63) is 64.8 Å². The zero-order chi connectivity index (χ0) is 20.1. The summed E-state index contributed by atoms with van der Waals surface area (Å²) in [6.45, 7) is 4.06. The molecule has 1 heterocycles. The van der Waals surface area contributed by atoms with Crippen LogP contribution in [0.2, 0.25) is 5.02 Å². The summed E-state index contributed by atoms with van der Waals surface area (Å²) in [4.78, 5) is 28.5. The monoisotopic (exact) mass is 398 g/mol. The van der Waals surface area contributed by atoms with Gasteiger partial charge in [0.05, 0.1) is 30.0 Å². The van der Waals surface area contributed by atoms with E-state index < -0.39 is 5.97 Å². The first-order valence-corrected chi connectivity index (χ1v) is 9.20. The maximum atomic E-state index is 12.4. The molecule has 28 heavy (non-hydrogen) atoms. The number of fused-ring (bicyclic) bond motifs is 1. The normalized spacial score (nSPS) is 10.5. The quantitative estimate of drug-likeness (QED) is 0.589. The highest BCUT2D eigenvalue weighted by Gasteiger charge is 2.17. The smallest absolute Gasteiger partial charge is 0.341 e. The van der Waals surface area contributed by atoms with Crippen molar-refractivity contribution in [2.45, 2.75) is 13.8 Å². The molecule has 2 aromatic carbocycles. The molecule has 0 bridgehead atoms. The summed E-state index contributed by atoms with van der Waals surface area (Å²) in [6, 6.07) is 12.0. The van der Waals surface area contributed by atoms with Crippen molar-refractivity contribution in [3.8, 4) is 0 Å². The second-order valence-corrected chi connectivity index (χ2v) is 6.29. The summed E-state index contributed by atoms with van der Waals surface area (Å²) in [5.41, 5.74) is 2.65. The Bertz CT molecular complexity index is 1020. The van der Waals surface area contributed by atoms with Crippen molar-refractivity contribution in [2.75, 3.05) is 18.5 Å². The molecule has 0 saturated carbocycles. The molecule has 1 N–H and O–H groups in total. The van der Waals surface area contributed by atoms with Crippen LogP contribution in [0.4, 0.5) is 11.4 Å².